The van der Waals surface area contributed by atoms with Crippen molar-refractivity contribution in [1.29, 1.82) is 0 Å². The maximum absolute atomic E-state index is 8.58. The van der Waals surface area contributed by atoms with Crippen molar-refractivity contribution >= 4 is 16.8 Å². The van der Waals surface area contributed by atoms with Crippen LogP contribution in [0.3, 0.4) is 0 Å². The van der Waals surface area contributed by atoms with E-state index in [-0.39, 0.29) is 0 Å². The zero-order chi connectivity index (χ0) is 13.9. The van der Waals surface area contributed by atoms with E-state index >= 15 is 0 Å². The Labute approximate surface area is 114 Å². The summed E-state index contributed by atoms with van der Waals surface area (Å²) < 4.78 is 10.8. The van der Waals surface area contributed by atoms with Gasteiger partial charge in [0, 0.05) is 10.5 Å². The lowest BCUT2D eigenvalue weighted by Crippen LogP contribution is -1.84. The molecule has 0 radical (unpaired) electrons. The number of ether oxygens (including phenoxy) is 1. The highest BCUT2D eigenvalue weighted by Gasteiger charge is 2.10. The van der Waals surface area contributed by atoms with Crippen LogP contribution < -0.4 is 4.74 Å². The molecule has 0 saturated carbocycles. The molecule has 20 heavy (non-hydrogen) atoms. The molecular weight excluding hydrogens is 256 g/mol. The van der Waals surface area contributed by atoms with Gasteiger partial charge in [-0.25, -0.2) is 4.98 Å². The van der Waals surface area contributed by atoms with Crippen molar-refractivity contribution in [2.24, 2.45) is 5.11 Å². The second kappa shape index (κ2) is 4.95. The van der Waals surface area contributed by atoms with Gasteiger partial charge in [0.25, 0.3) is 0 Å². The summed E-state index contributed by atoms with van der Waals surface area (Å²) in [6.07, 6.45) is 0. The lowest BCUT2D eigenvalue weighted by Gasteiger charge is -2.04. The van der Waals surface area contributed by atoms with Crippen molar-refractivity contribution in [3.8, 4) is 17.2 Å². The maximum atomic E-state index is 8.58. The predicted octanol–water partition coefficient (Wildman–Crippen LogP) is 4.45. The minimum atomic E-state index is 0.398. The van der Waals surface area contributed by atoms with Crippen molar-refractivity contribution < 1.29 is 9.15 Å². The Morgan fingerprint density at radius 1 is 1.25 bits per heavy atom. The molecule has 1 heterocycles. The molecule has 6 heteroatoms. The number of hydrogen-bond donors (Lipinski definition) is 0. The van der Waals surface area contributed by atoms with E-state index in [1.165, 1.54) is 7.11 Å². The third-order valence-electron chi connectivity index (χ3n) is 2.87. The van der Waals surface area contributed by atoms with E-state index < -0.39 is 0 Å². The van der Waals surface area contributed by atoms with E-state index in [1.807, 2.05) is 24.3 Å². The van der Waals surface area contributed by atoms with Crippen LogP contribution in [0.15, 0.2) is 52.0 Å². The molecule has 2 aromatic carbocycles. The average molecular weight is 266 g/mol. The number of benzene rings is 2. The lowest BCUT2D eigenvalue weighted by molar-refractivity contribution is 0.416. The van der Waals surface area contributed by atoms with Gasteiger partial charge in [-0.1, -0.05) is 17.2 Å². The third-order valence-corrected chi connectivity index (χ3v) is 2.87. The number of fused-ring (bicyclic) bond motifs is 1. The maximum Gasteiger partial charge on any atom is 0.227 e. The van der Waals surface area contributed by atoms with Gasteiger partial charge in [0.05, 0.1) is 12.8 Å². The summed E-state index contributed by atoms with van der Waals surface area (Å²) in [5.74, 6) is 0.978. The van der Waals surface area contributed by atoms with Crippen LogP contribution in [0.4, 0.5) is 5.69 Å². The molecule has 6 nitrogen and oxygen atoms in total. The van der Waals surface area contributed by atoms with Gasteiger partial charge >= 0.3 is 0 Å². The first-order valence-electron chi connectivity index (χ1n) is 5.91. The fourth-order valence-electron chi connectivity index (χ4n) is 1.95. The largest absolute Gasteiger partial charge is 0.496 e. The highest BCUT2D eigenvalue weighted by molar-refractivity contribution is 5.77. The van der Waals surface area contributed by atoms with Crippen LogP contribution in [0.5, 0.6) is 5.75 Å². The van der Waals surface area contributed by atoms with Crippen molar-refractivity contribution in [3.63, 3.8) is 0 Å². The summed E-state index contributed by atoms with van der Waals surface area (Å²) in [6, 6.07) is 12.7. The summed E-state index contributed by atoms with van der Waals surface area (Å²) in [6.45, 7) is 0. The molecule has 0 aliphatic heterocycles. The number of para-hydroxylation sites is 2. The molecule has 3 rings (SSSR count). The number of methoxy groups -OCH3 is 1. The molecule has 0 bridgehead atoms. The second-order valence-corrected chi connectivity index (χ2v) is 4.06. The highest BCUT2D eigenvalue weighted by Crippen LogP contribution is 2.33. The fraction of sp³-hybridized carbons (Fsp3) is 0.0714. The normalized spacial score (nSPS) is 10.2. The molecule has 0 fully saturated rings. The van der Waals surface area contributed by atoms with Crippen LogP contribution in [-0.2, 0) is 0 Å². The molecule has 0 amide bonds. The molecule has 0 saturated heterocycles. The Morgan fingerprint density at radius 2 is 2.10 bits per heavy atom. The van der Waals surface area contributed by atoms with Gasteiger partial charge in [-0.05, 0) is 35.9 Å². The first-order valence-corrected chi connectivity index (χ1v) is 5.91. The SMILES string of the molecule is COc1ccc(-c2nc3ccccc3o2)cc1N=[N+]=[N-]. The predicted molar refractivity (Wildman–Crippen MR) is 74.8 cm³/mol. The lowest BCUT2D eigenvalue weighted by atomic mass is 10.2. The van der Waals surface area contributed by atoms with Crippen molar-refractivity contribution in [3.05, 3.63) is 52.9 Å². The standard InChI is InChI=1S/C14H10N4O2/c1-19-12-7-6-9(8-11(12)17-18-15)14-16-10-4-2-3-5-13(10)20-14/h2-8H,1H3. The van der Waals surface area contributed by atoms with E-state index in [9.17, 15) is 0 Å². The Morgan fingerprint density at radius 3 is 2.85 bits per heavy atom. The minimum Gasteiger partial charge on any atom is -0.496 e. The molecular formula is C14H10N4O2. The number of hydrogen-bond acceptors (Lipinski definition) is 4. The molecule has 0 aliphatic carbocycles. The van der Waals surface area contributed by atoms with Gasteiger partial charge in [0.15, 0.2) is 5.58 Å². The van der Waals surface area contributed by atoms with Crippen LogP contribution in [0.1, 0.15) is 0 Å². The van der Waals surface area contributed by atoms with Crippen molar-refractivity contribution in [2.75, 3.05) is 7.11 Å². The van der Waals surface area contributed by atoms with Crippen molar-refractivity contribution in [2.45, 2.75) is 0 Å². The van der Waals surface area contributed by atoms with Crippen LogP contribution in [0, 0.1) is 0 Å². The van der Waals surface area contributed by atoms with Gasteiger partial charge < -0.3 is 9.15 Å². The molecule has 98 valence electrons. The molecule has 0 atom stereocenters. The van der Waals surface area contributed by atoms with E-state index in [4.69, 9.17) is 14.7 Å². The van der Waals surface area contributed by atoms with Crippen LogP contribution in [0.25, 0.3) is 33.0 Å². The number of rotatable bonds is 3. The average Bonchev–Trinajstić information content (AvgIpc) is 2.91. The third kappa shape index (κ3) is 2.04. The van der Waals surface area contributed by atoms with E-state index in [0.717, 1.165) is 11.1 Å². The first kappa shape index (κ1) is 12.1. The summed E-state index contributed by atoms with van der Waals surface area (Å²) in [5, 5.41) is 3.60. The van der Waals surface area contributed by atoms with Gasteiger partial charge in [-0.3, -0.25) is 0 Å². The van der Waals surface area contributed by atoms with Gasteiger partial charge in [0.2, 0.25) is 5.89 Å². The molecule has 0 unspecified atom stereocenters. The Hall–Kier alpha value is -2.98. The second-order valence-electron chi connectivity index (χ2n) is 4.06. The molecule has 0 N–H and O–H groups in total. The van der Waals surface area contributed by atoms with Crippen LogP contribution >= 0.6 is 0 Å². The first-order chi connectivity index (χ1) is 9.81. The van der Waals surface area contributed by atoms with Crippen molar-refractivity contribution in [1.82, 2.24) is 4.98 Å². The van der Waals surface area contributed by atoms with E-state index in [1.54, 1.807) is 18.2 Å². The van der Waals surface area contributed by atoms with Gasteiger partial charge in [0.1, 0.15) is 11.3 Å². The summed E-state index contributed by atoms with van der Waals surface area (Å²) in [4.78, 5) is 7.18. The smallest absolute Gasteiger partial charge is 0.227 e. The monoisotopic (exact) mass is 266 g/mol. The zero-order valence-electron chi connectivity index (χ0n) is 10.6. The van der Waals surface area contributed by atoms with Crippen LogP contribution in [0.2, 0.25) is 0 Å². The molecule has 0 spiro atoms. The molecule has 1 aromatic heterocycles. The van der Waals surface area contributed by atoms with E-state index in [0.29, 0.717) is 22.9 Å². The number of azide groups is 1. The Kier molecular flexibility index (Phi) is 2.99. The minimum absolute atomic E-state index is 0.398. The molecule has 3 aromatic rings. The fourth-order valence-corrected chi connectivity index (χ4v) is 1.95. The topological polar surface area (TPSA) is 84.0 Å². The Bertz CT molecular complexity index is 786. The van der Waals surface area contributed by atoms with Gasteiger partial charge in [-0.2, -0.15) is 0 Å². The summed E-state index contributed by atoms with van der Waals surface area (Å²) >= 11 is 0. The number of aromatic nitrogens is 1. The van der Waals surface area contributed by atoms with Crippen LogP contribution in [-0.4, -0.2) is 12.1 Å². The quantitative estimate of drug-likeness (QED) is 0.399. The highest BCUT2D eigenvalue weighted by atomic mass is 16.5. The number of nitrogens with zero attached hydrogens (tertiary/aromatic N) is 4. The Balaban J connectivity index is 2.13. The number of oxazole rings is 1. The summed E-state index contributed by atoms with van der Waals surface area (Å²) in [5.41, 5.74) is 11.2. The molecule has 0 aliphatic rings. The van der Waals surface area contributed by atoms with Gasteiger partial charge in [-0.15, -0.1) is 0 Å². The summed E-state index contributed by atoms with van der Waals surface area (Å²) in [7, 11) is 1.52. The zero-order valence-corrected chi connectivity index (χ0v) is 10.6. The van der Waals surface area contributed by atoms with E-state index in [2.05, 4.69) is 15.0 Å².